The van der Waals surface area contributed by atoms with Crippen LogP contribution in [0.3, 0.4) is 0 Å². The predicted molar refractivity (Wildman–Crippen MR) is 80.3 cm³/mol. The van der Waals surface area contributed by atoms with Gasteiger partial charge in [0.15, 0.2) is 0 Å². The van der Waals surface area contributed by atoms with Gasteiger partial charge in [-0.15, -0.1) is 0 Å². The summed E-state index contributed by atoms with van der Waals surface area (Å²) in [4.78, 5) is 4.44. The van der Waals surface area contributed by atoms with E-state index in [4.69, 9.17) is 4.74 Å². The van der Waals surface area contributed by atoms with Crippen LogP contribution in [0.25, 0.3) is 0 Å². The van der Waals surface area contributed by atoms with Crippen LogP contribution in [0.4, 0.5) is 0 Å². The molecule has 1 aliphatic heterocycles. The first kappa shape index (κ1) is 16.4. The Labute approximate surface area is 126 Å². The molecule has 0 radical (unpaired) electrons. The quantitative estimate of drug-likeness (QED) is 0.767. The van der Waals surface area contributed by atoms with E-state index in [1.165, 1.54) is 4.31 Å². The second-order valence-electron chi connectivity index (χ2n) is 5.44. The average Bonchev–Trinajstić information content (AvgIpc) is 2.93. The molecule has 0 aliphatic carbocycles. The van der Waals surface area contributed by atoms with Gasteiger partial charge in [0.25, 0.3) is 10.2 Å². The van der Waals surface area contributed by atoms with Crippen LogP contribution >= 0.6 is 0 Å². The van der Waals surface area contributed by atoms with E-state index in [0.29, 0.717) is 25.6 Å². The molecule has 1 aromatic heterocycles. The highest BCUT2D eigenvalue weighted by Gasteiger charge is 2.31. The lowest BCUT2D eigenvalue weighted by Crippen LogP contribution is -2.44. The first-order valence-corrected chi connectivity index (χ1v) is 8.54. The molecule has 1 aromatic rings. The Bertz CT molecular complexity index is 548. The van der Waals surface area contributed by atoms with Crippen molar-refractivity contribution in [3.05, 3.63) is 18.2 Å². The Morgan fingerprint density at radius 1 is 1.38 bits per heavy atom. The van der Waals surface area contributed by atoms with Crippen molar-refractivity contribution in [3.8, 4) is 0 Å². The van der Waals surface area contributed by atoms with Crippen molar-refractivity contribution >= 4 is 10.2 Å². The summed E-state index contributed by atoms with van der Waals surface area (Å²) >= 11 is 0. The van der Waals surface area contributed by atoms with Crippen LogP contribution in [0.1, 0.15) is 24.6 Å². The summed E-state index contributed by atoms with van der Waals surface area (Å²) in [6.45, 7) is 2.52. The normalized spacial score (nSPS) is 18.5. The van der Waals surface area contributed by atoms with Crippen LogP contribution < -0.4 is 0 Å². The molecule has 0 aromatic carbocycles. The van der Waals surface area contributed by atoms with Crippen LogP contribution in [0.2, 0.25) is 0 Å². The van der Waals surface area contributed by atoms with E-state index in [2.05, 4.69) is 9.55 Å². The van der Waals surface area contributed by atoms with Crippen LogP contribution in [0, 0.1) is 0 Å². The average molecular weight is 316 g/mol. The molecular formula is C13H24N4O3S. The molecule has 0 atom stereocenters. The van der Waals surface area contributed by atoms with Crippen molar-refractivity contribution in [1.29, 1.82) is 0 Å². The third-order valence-electron chi connectivity index (χ3n) is 3.89. The van der Waals surface area contributed by atoms with E-state index in [1.54, 1.807) is 31.7 Å². The van der Waals surface area contributed by atoms with Gasteiger partial charge in [-0.1, -0.05) is 0 Å². The molecule has 8 heteroatoms. The third kappa shape index (κ3) is 3.63. The summed E-state index contributed by atoms with van der Waals surface area (Å²) in [5, 5.41) is 0. The fourth-order valence-corrected chi connectivity index (χ4v) is 3.77. The number of hydrogen-bond acceptors (Lipinski definition) is 4. The number of ether oxygens (including phenoxy) is 1. The summed E-state index contributed by atoms with van der Waals surface area (Å²) in [6.07, 6.45) is 5.36. The highest BCUT2D eigenvalue weighted by atomic mass is 32.2. The van der Waals surface area contributed by atoms with Gasteiger partial charge < -0.3 is 9.30 Å². The van der Waals surface area contributed by atoms with Gasteiger partial charge in [0, 0.05) is 59.2 Å². The Kier molecular flexibility index (Phi) is 5.37. The van der Waals surface area contributed by atoms with E-state index in [-0.39, 0.29) is 0 Å². The predicted octanol–water partition coefficient (Wildman–Crippen LogP) is 0.515. The summed E-state index contributed by atoms with van der Waals surface area (Å²) in [5.41, 5.74) is 0. The standard InChI is InChI=1S/C13H24N4O3S/c1-15(2)21(18,19)17-7-4-12(5-8-17)13-14-6-9-16(13)10-11-20-3/h6,9,12H,4-5,7-8,10-11H2,1-3H3. The van der Waals surface area contributed by atoms with Gasteiger partial charge in [0.1, 0.15) is 5.82 Å². The molecular weight excluding hydrogens is 292 g/mol. The molecule has 0 N–H and O–H groups in total. The summed E-state index contributed by atoms with van der Waals surface area (Å²) < 4.78 is 34.2. The molecule has 1 fully saturated rings. The van der Waals surface area contributed by atoms with Crippen LogP contribution in [-0.4, -0.2) is 67.5 Å². The van der Waals surface area contributed by atoms with E-state index < -0.39 is 10.2 Å². The zero-order valence-corrected chi connectivity index (χ0v) is 13.7. The third-order valence-corrected chi connectivity index (χ3v) is 5.83. The van der Waals surface area contributed by atoms with E-state index in [0.717, 1.165) is 25.2 Å². The largest absolute Gasteiger partial charge is 0.383 e. The molecule has 1 aliphatic rings. The van der Waals surface area contributed by atoms with Crippen molar-refractivity contribution in [2.75, 3.05) is 40.9 Å². The number of piperidine rings is 1. The Morgan fingerprint density at radius 2 is 2.05 bits per heavy atom. The molecule has 120 valence electrons. The smallest absolute Gasteiger partial charge is 0.281 e. The zero-order chi connectivity index (χ0) is 15.5. The Balaban J connectivity index is 2.00. The highest BCUT2D eigenvalue weighted by Crippen LogP contribution is 2.28. The minimum Gasteiger partial charge on any atom is -0.383 e. The first-order valence-electron chi connectivity index (χ1n) is 7.14. The number of aromatic nitrogens is 2. The number of rotatable bonds is 6. The van der Waals surface area contributed by atoms with Gasteiger partial charge in [0.2, 0.25) is 0 Å². The maximum atomic E-state index is 12.1. The van der Waals surface area contributed by atoms with Crippen molar-refractivity contribution in [2.24, 2.45) is 0 Å². The molecule has 0 spiro atoms. The van der Waals surface area contributed by atoms with Crippen molar-refractivity contribution in [2.45, 2.75) is 25.3 Å². The Hall–Kier alpha value is -0.960. The lowest BCUT2D eigenvalue weighted by molar-refractivity contribution is 0.185. The summed E-state index contributed by atoms with van der Waals surface area (Å²) in [7, 11) is 1.52. The number of hydrogen-bond donors (Lipinski definition) is 0. The van der Waals surface area contributed by atoms with E-state index in [1.807, 2.05) is 6.20 Å². The second kappa shape index (κ2) is 6.87. The molecule has 1 saturated heterocycles. The van der Waals surface area contributed by atoms with Gasteiger partial charge in [-0.3, -0.25) is 0 Å². The van der Waals surface area contributed by atoms with Crippen molar-refractivity contribution in [1.82, 2.24) is 18.2 Å². The lowest BCUT2D eigenvalue weighted by atomic mass is 9.97. The molecule has 0 unspecified atom stereocenters. The number of nitrogens with zero attached hydrogens (tertiary/aromatic N) is 4. The topological polar surface area (TPSA) is 67.7 Å². The molecule has 2 rings (SSSR count). The molecule has 0 bridgehead atoms. The van der Waals surface area contributed by atoms with Crippen molar-refractivity contribution < 1.29 is 13.2 Å². The minimum absolute atomic E-state index is 0.311. The fraction of sp³-hybridized carbons (Fsp3) is 0.769. The van der Waals surface area contributed by atoms with E-state index in [9.17, 15) is 8.42 Å². The van der Waals surface area contributed by atoms with Crippen LogP contribution in [0.15, 0.2) is 12.4 Å². The van der Waals surface area contributed by atoms with Gasteiger partial charge in [-0.05, 0) is 12.8 Å². The maximum Gasteiger partial charge on any atom is 0.281 e. The lowest BCUT2D eigenvalue weighted by Gasteiger charge is -2.32. The molecule has 0 saturated carbocycles. The number of imidazole rings is 1. The van der Waals surface area contributed by atoms with Crippen molar-refractivity contribution in [3.63, 3.8) is 0 Å². The molecule has 0 amide bonds. The summed E-state index contributed by atoms with van der Waals surface area (Å²) in [5.74, 6) is 1.35. The van der Waals surface area contributed by atoms with Crippen LogP contribution in [0.5, 0.6) is 0 Å². The molecule has 7 nitrogen and oxygen atoms in total. The second-order valence-corrected chi connectivity index (χ2v) is 7.58. The van der Waals surface area contributed by atoms with Gasteiger partial charge in [-0.2, -0.15) is 17.0 Å². The minimum atomic E-state index is -3.30. The van der Waals surface area contributed by atoms with E-state index >= 15 is 0 Å². The SMILES string of the molecule is COCCn1ccnc1C1CCN(S(=O)(=O)N(C)C)CC1. The highest BCUT2D eigenvalue weighted by molar-refractivity contribution is 7.86. The van der Waals surface area contributed by atoms with Gasteiger partial charge >= 0.3 is 0 Å². The molecule has 2 heterocycles. The van der Waals surface area contributed by atoms with Crippen LogP contribution in [-0.2, 0) is 21.5 Å². The summed E-state index contributed by atoms with van der Waals surface area (Å²) in [6, 6.07) is 0. The molecule has 21 heavy (non-hydrogen) atoms. The zero-order valence-electron chi connectivity index (χ0n) is 12.9. The number of methoxy groups -OCH3 is 1. The van der Waals surface area contributed by atoms with Gasteiger partial charge in [0.05, 0.1) is 6.61 Å². The monoisotopic (exact) mass is 316 g/mol. The maximum absolute atomic E-state index is 12.1. The fourth-order valence-electron chi connectivity index (χ4n) is 2.63. The first-order chi connectivity index (χ1) is 9.96. The Morgan fingerprint density at radius 3 is 2.62 bits per heavy atom. The van der Waals surface area contributed by atoms with Gasteiger partial charge in [-0.25, -0.2) is 4.98 Å².